The number of hydrogen-bond acceptors (Lipinski definition) is 1. The zero-order valence-electron chi connectivity index (χ0n) is 9.47. The van der Waals surface area contributed by atoms with Crippen molar-refractivity contribution in [3.8, 4) is 0 Å². The molecule has 2 rings (SSSR count). The summed E-state index contributed by atoms with van der Waals surface area (Å²) in [5.41, 5.74) is 0.710. The van der Waals surface area contributed by atoms with E-state index in [1.807, 2.05) is 7.05 Å². The van der Waals surface area contributed by atoms with Crippen LogP contribution in [-0.4, -0.2) is 7.05 Å². The normalized spacial score (nSPS) is 18.9. The van der Waals surface area contributed by atoms with Crippen molar-refractivity contribution in [3.63, 3.8) is 0 Å². The lowest BCUT2D eigenvalue weighted by Gasteiger charge is -2.24. The van der Waals surface area contributed by atoms with Crippen molar-refractivity contribution in [2.75, 3.05) is 7.05 Å². The number of halogens is 2. The second kappa shape index (κ2) is 5.15. The second-order valence-electron chi connectivity index (χ2n) is 4.48. The Morgan fingerprint density at radius 3 is 2.69 bits per heavy atom. The fraction of sp³-hybridized carbons (Fsp3) is 0.538. The maximum Gasteiger partial charge on any atom is 0.128 e. The Hall–Kier alpha value is -0.600. The molecule has 0 aliphatic heterocycles. The van der Waals surface area contributed by atoms with E-state index in [0.29, 0.717) is 16.5 Å². The van der Waals surface area contributed by atoms with Gasteiger partial charge in [-0.15, -0.1) is 0 Å². The Kier molecular flexibility index (Phi) is 3.82. The molecule has 1 atom stereocenters. The lowest BCUT2D eigenvalue weighted by molar-refractivity contribution is 0.378. The van der Waals surface area contributed by atoms with Crippen LogP contribution in [0.3, 0.4) is 0 Å². The van der Waals surface area contributed by atoms with Gasteiger partial charge in [0.15, 0.2) is 0 Å². The molecule has 0 radical (unpaired) electrons. The summed E-state index contributed by atoms with van der Waals surface area (Å²) in [7, 11) is 1.89. The molecule has 0 bridgehead atoms. The molecule has 88 valence electrons. The van der Waals surface area contributed by atoms with Gasteiger partial charge in [-0.1, -0.05) is 24.4 Å². The Morgan fingerprint density at radius 2 is 2.06 bits per heavy atom. The van der Waals surface area contributed by atoms with E-state index >= 15 is 0 Å². The fourth-order valence-electron chi connectivity index (χ4n) is 2.69. The highest BCUT2D eigenvalue weighted by atomic mass is 35.5. The predicted octanol–water partition coefficient (Wildman–Crippen LogP) is 3.93. The third-order valence-electron chi connectivity index (χ3n) is 3.48. The average Bonchev–Trinajstić information content (AvgIpc) is 2.78. The summed E-state index contributed by atoms with van der Waals surface area (Å²) in [4.78, 5) is 0. The fourth-order valence-corrected chi connectivity index (χ4v) is 2.87. The highest BCUT2D eigenvalue weighted by Crippen LogP contribution is 2.36. The van der Waals surface area contributed by atoms with Gasteiger partial charge in [0.1, 0.15) is 5.82 Å². The van der Waals surface area contributed by atoms with Crippen LogP contribution in [0.5, 0.6) is 0 Å². The molecule has 1 aromatic rings. The molecule has 1 aliphatic rings. The lowest BCUT2D eigenvalue weighted by Crippen LogP contribution is -2.24. The number of benzene rings is 1. The van der Waals surface area contributed by atoms with Crippen molar-refractivity contribution in [2.24, 2.45) is 5.92 Å². The first-order valence-electron chi connectivity index (χ1n) is 5.84. The molecule has 1 aliphatic carbocycles. The van der Waals surface area contributed by atoms with Crippen LogP contribution in [0.25, 0.3) is 0 Å². The quantitative estimate of drug-likeness (QED) is 0.846. The molecule has 0 amide bonds. The van der Waals surface area contributed by atoms with Crippen LogP contribution in [0.15, 0.2) is 18.2 Å². The monoisotopic (exact) mass is 241 g/mol. The van der Waals surface area contributed by atoms with Gasteiger partial charge in [-0.05, 0) is 44.0 Å². The van der Waals surface area contributed by atoms with Crippen LogP contribution in [0.2, 0.25) is 5.02 Å². The maximum absolute atomic E-state index is 13.8. The van der Waals surface area contributed by atoms with Gasteiger partial charge >= 0.3 is 0 Å². The van der Waals surface area contributed by atoms with E-state index in [-0.39, 0.29) is 11.9 Å². The van der Waals surface area contributed by atoms with Gasteiger partial charge in [0.25, 0.3) is 0 Å². The minimum absolute atomic E-state index is 0.0983. The maximum atomic E-state index is 13.8. The van der Waals surface area contributed by atoms with E-state index in [2.05, 4.69) is 5.32 Å². The van der Waals surface area contributed by atoms with Crippen molar-refractivity contribution < 1.29 is 4.39 Å². The smallest absolute Gasteiger partial charge is 0.128 e. The molecule has 0 spiro atoms. The SMILES string of the molecule is CNC(c1cc(Cl)ccc1F)C1CCCC1. The molecule has 0 saturated heterocycles. The zero-order chi connectivity index (χ0) is 11.5. The van der Waals surface area contributed by atoms with E-state index < -0.39 is 0 Å². The number of rotatable bonds is 3. The zero-order valence-corrected chi connectivity index (χ0v) is 10.2. The molecule has 1 unspecified atom stereocenters. The largest absolute Gasteiger partial charge is 0.313 e. The van der Waals surface area contributed by atoms with Crippen LogP contribution in [0, 0.1) is 11.7 Å². The molecule has 0 heterocycles. The molecule has 16 heavy (non-hydrogen) atoms. The van der Waals surface area contributed by atoms with Crippen LogP contribution in [0.4, 0.5) is 4.39 Å². The molecule has 1 nitrogen and oxygen atoms in total. The van der Waals surface area contributed by atoms with Gasteiger partial charge in [-0.2, -0.15) is 0 Å². The molecule has 1 N–H and O–H groups in total. The number of hydrogen-bond donors (Lipinski definition) is 1. The van der Waals surface area contributed by atoms with E-state index in [1.165, 1.54) is 31.7 Å². The summed E-state index contributed by atoms with van der Waals surface area (Å²) in [6.45, 7) is 0. The average molecular weight is 242 g/mol. The topological polar surface area (TPSA) is 12.0 Å². The van der Waals surface area contributed by atoms with Gasteiger partial charge in [0, 0.05) is 16.6 Å². The first kappa shape index (κ1) is 11.9. The Balaban J connectivity index is 2.28. The van der Waals surface area contributed by atoms with Crippen LogP contribution in [0.1, 0.15) is 37.3 Å². The minimum Gasteiger partial charge on any atom is -0.313 e. The Labute approximate surface area is 101 Å². The Bertz CT molecular complexity index is 361. The van der Waals surface area contributed by atoms with E-state index in [9.17, 15) is 4.39 Å². The first-order valence-corrected chi connectivity index (χ1v) is 6.22. The molecule has 0 aromatic heterocycles. The van der Waals surface area contributed by atoms with E-state index in [1.54, 1.807) is 12.1 Å². The summed E-state index contributed by atoms with van der Waals surface area (Å²) < 4.78 is 13.8. The summed E-state index contributed by atoms with van der Waals surface area (Å²) in [5, 5.41) is 3.84. The third kappa shape index (κ3) is 2.38. The molecule has 1 saturated carbocycles. The molecular formula is C13H17ClFN. The molecule has 3 heteroatoms. The molecular weight excluding hydrogens is 225 g/mol. The lowest BCUT2D eigenvalue weighted by atomic mass is 9.91. The van der Waals surface area contributed by atoms with Crippen LogP contribution < -0.4 is 5.32 Å². The van der Waals surface area contributed by atoms with Crippen molar-refractivity contribution in [3.05, 3.63) is 34.6 Å². The molecule has 1 aromatic carbocycles. The predicted molar refractivity (Wildman–Crippen MR) is 65.2 cm³/mol. The first-order chi connectivity index (χ1) is 7.72. The standard InChI is InChI=1S/C13H17ClFN/c1-16-13(9-4-2-3-5-9)11-8-10(14)6-7-12(11)15/h6-9,13,16H,2-5H2,1H3. The number of nitrogens with one attached hydrogen (secondary N) is 1. The summed E-state index contributed by atoms with van der Waals surface area (Å²) >= 11 is 5.93. The van der Waals surface area contributed by atoms with Crippen LogP contribution in [-0.2, 0) is 0 Å². The van der Waals surface area contributed by atoms with Crippen molar-refractivity contribution >= 4 is 11.6 Å². The highest BCUT2D eigenvalue weighted by Gasteiger charge is 2.27. The van der Waals surface area contributed by atoms with Crippen LogP contribution >= 0.6 is 11.6 Å². The summed E-state index contributed by atoms with van der Waals surface area (Å²) in [6, 6.07) is 4.90. The summed E-state index contributed by atoms with van der Waals surface area (Å²) in [5.74, 6) is 0.383. The van der Waals surface area contributed by atoms with Gasteiger partial charge in [0.2, 0.25) is 0 Å². The van der Waals surface area contributed by atoms with Gasteiger partial charge in [-0.25, -0.2) is 4.39 Å². The highest BCUT2D eigenvalue weighted by molar-refractivity contribution is 6.30. The van der Waals surface area contributed by atoms with E-state index in [0.717, 1.165) is 0 Å². The Morgan fingerprint density at radius 1 is 1.38 bits per heavy atom. The van der Waals surface area contributed by atoms with Crippen molar-refractivity contribution in [1.82, 2.24) is 5.32 Å². The molecule has 1 fully saturated rings. The van der Waals surface area contributed by atoms with Gasteiger partial charge in [-0.3, -0.25) is 0 Å². The second-order valence-corrected chi connectivity index (χ2v) is 4.91. The summed E-state index contributed by atoms with van der Waals surface area (Å²) in [6.07, 6.45) is 4.87. The minimum atomic E-state index is -0.157. The van der Waals surface area contributed by atoms with Crippen molar-refractivity contribution in [2.45, 2.75) is 31.7 Å². The third-order valence-corrected chi connectivity index (χ3v) is 3.71. The van der Waals surface area contributed by atoms with Crippen molar-refractivity contribution in [1.29, 1.82) is 0 Å². The van der Waals surface area contributed by atoms with Gasteiger partial charge < -0.3 is 5.32 Å². The van der Waals surface area contributed by atoms with Gasteiger partial charge in [0.05, 0.1) is 0 Å². The van der Waals surface area contributed by atoms with E-state index in [4.69, 9.17) is 11.6 Å².